The van der Waals surface area contributed by atoms with Gasteiger partial charge in [0.2, 0.25) is 5.91 Å². The van der Waals surface area contributed by atoms with E-state index < -0.39 is 5.97 Å². The first-order chi connectivity index (χ1) is 12.8. The fraction of sp³-hybridized carbons (Fsp3) is 0.700. The highest BCUT2D eigenvalue weighted by Crippen LogP contribution is 2.29. The van der Waals surface area contributed by atoms with E-state index in [9.17, 15) is 14.7 Å². The van der Waals surface area contributed by atoms with Crippen LogP contribution in [0.4, 0.5) is 0 Å². The number of thiophene rings is 1. The first-order valence-electron chi connectivity index (χ1n) is 9.81. The second-order valence-corrected chi connectivity index (χ2v) is 9.06. The summed E-state index contributed by atoms with van der Waals surface area (Å²) in [4.78, 5) is 30.4. The molecule has 1 amide bonds. The summed E-state index contributed by atoms with van der Waals surface area (Å²) in [6.07, 6.45) is 2.25. The lowest BCUT2D eigenvalue weighted by atomic mass is 9.81. The maximum atomic E-state index is 12.6. The highest BCUT2D eigenvalue weighted by Gasteiger charge is 2.32. The number of hydrogen-bond acceptors (Lipinski definition) is 5. The van der Waals surface area contributed by atoms with Gasteiger partial charge in [-0.3, -0.25) is 4.79 Å². The third-order valence-electron chi connectivity index (χ3n) is 5.51. The molecule has 0 aliphatic carbocycles. The lowest BCUT2D eigenvalue weighted by Gasteiger charge is -2.39. The van der Waals surface area contributed by atoms with Crippen LogP contribution in [0.5, 0.6) is 0 Å². The molecule has 1 aromatic rings. The molecule has 0 spiro atoms. The summed E-state index contributed by atoms with van der Waals surface area (Å²) in [5.41, 5.74) is 0. The Morgan fingerprint density at radius 3 is 2.74 bits per heavy atom. The zero-order valence-corrected chi connectivity index (χ0v) is 17.6. The van der Waals surface area contributed by atoms with Crippen molar-refractivity contribution < 1.29 is 19.6 Å². The molecular weight excluding hydrogens is 362 g/mol. The van der Waals surface area contributed by atoms with Gasteiger partial charge in [-0.15, -0.1) is 11.3 Å². The van der Waals surface area contributed by atoms with Crippen molar-refractivity contribution in [2.24, 2.45) is 11.8 Å². The number of aliphatic carboxylic acids is 1. The van der Waals surface area contributed by atoms with Gasteiger partial charge in [-0.25, -0.2) is 0 Å². The molecule has 1 N–H and O–H groups in total. The van der Waals surface area contributed by atoms with E-state index in [4.69, 9.17) is 0 Å². The number of piperidine rings is 1. The van der Waals surface area contributed by atoms with Gasteiger partial charge in [0.15, 0.2) is 0 Å². The Kier molecular flexibility index (Phi) is 8.73. The topological polar surface area (TPSA) is 68.1 Å². The largest absolute Gasteiger partial charge is 0.550 e. The molecule has 0 radical (unpaired) electrons. The van der Waals surface area contributed by atoms with Crippen molar-refractivity contribution in [2.75, 3.05) is 53.9 Å². The van der Waals surface area contributed by atoms with Crippen LogP contribution in [-0.2, 0) is 16.0 Å². The Morgan fingerprint density at radius 2 is 2.11 bits per heavy atom. The standard InChI is InChI=1S/C20H33N3O3S/c1-21(2)10-11-22(3)8-6-17-15-23(9-7-16(17)13-20(25)26)19(24)14-18-5-4-12-27-18/h4-5,12,16-17H,6-11,13-15H2,1-3H3,(H,25,26)/t16-,17-/m0/s1. The first-order valence-corrected chi connectivity index (χ1v) is 10.7. The summed E-state index contributed by atoms with van der Waals surface area (Å²) < 4.78 is 0. The lowest BCUT2D eigenvalue weighted by Crippen LogP contribution is -3.09. The Morgan fingerprint density at radius 1 is 1.33 bits per heavy atom. The average molecular weight is 396 g/mol. The summed E-state index contributed by atoms with van der Waals surface area (Å²) in [5, 5.41) is 13.1. The lowest BCUT2D eigenvalue weighted by molar-refractivity contribution is -0.879. The summed E-state index contributed by atoms with van der Waals surface area (Å²) in [6.45, 7) is 4.41. The van der Waals surface area contributed by atoms with Gasteiger partial charge in [0.1, 0.15) is 0 Å². The minimum atomic E-state index is -0.975. The van der Waals surface area contributed by atoms with Crippen LogP contribution < -0.4 is 10.0 Å². The molecule has 0 saturated carbocycles. The maximum Gasteiger partial charge on any atom is 0.227 e. The number of carboxylic acids is 1. The monoisotopic (exact) mass is 395 g/mol. The first kappa shape index (κ1) is 21.9. The van der Waals surface area contributed by atoms with Crippen LogP contribution >= 0.6 is 11.3 Å². The molecule has 1 aliphatic rings. The number of amides is 1. The minimum Gasteiger partial charge on any atom is -0.550 e. The van der Waals surface area contributed by atoms with Crippen molar-refractivity contribution in [3.63, 3.8) is 0 Å². The second kappa shape index (κ2) is 10.8. The Labute approximate surface area is 166 Å². The van der Waals surface area contributed by atoms with Gasteiger partial charge in [-0.1, -0.05) is 6.07 Å². The molecule has 1 fully saturated rings. The van der Waals surface area contributed by atoms with Crippen LogP contribution in [0.1, 0.15) is 24.1 Å². The van der Waals surface area contributed by atoms with Gasteiger partial charge >= 0.3 is 0 Å². The highest BCUT2D eigenvalue weighted by molar-refractivity contribution is 7.10. The van der Waals surface area contributed by atoms with Crippen molar-refractivity contribution in [1.82, 2.24) is 9.80 Å². The second-order valence-electron chi connectivity index (χ2n) is 8.03. The number of likely N-dealkylation sites (tertiary alicyclic amines) is 1. The molecule has 152 valence electrons. The number of carbonyl (C=O) groups excluding carboxylic acids is 2. The summed E-state index contributed by atoms with van der Waals surface area (Å²) in [5.74, 6) is -0.472. The zero-order chi connectivity index (χ0) is 19.8. The molecule has 2 heterocycles. The number of carboxylic acid groups (broad SMARTS) is 1. The molecule has 0 aromatic carbocycles. The summed E-state index contributed by atoms with van der Waals surface area (Å²) in [7, 11) is 6.32. The van der Waals surface area contributed by atoms with E-state index in [2.05, 4.69) is 26.0 Å². The van der Waals surface area contributed by atoms with E-state index >= 15 is 0 Å². The van der Waals surface area contributed by atoms with Crippen molar-refractivity contribution >= 4 is 23.2 Å². The number of nitrogens with one attached hydrogen (secondary N) is 1. The van der Waals surface area contributed by atoms with Crippen molar-refractivity contribution in [3.05, 3.63) is 22.4 Å². The molecule has 1 saturated heterocycles. The number of quaternary nitrogens is 1. The van der Waals surface area contributed by atoms with Crippen LogP contribution in [0, 0.1) is 11.8 Å². The van der Waals surface area contributed by atoms with Gasteiger partial charge in [0, 0.05) is 36.9 Å². The van der Waals surface area contributed by atoms with Crippen molar-refractivity contribution in [2.45, 2.75) is 25.7 Å². The van der Waals surface area contributed by atoms with Crippen molar-refractivity contribution in [1.29, 1.82) is 0 Å². The van der Waals surface area contributed by atoms with Crippen LogP contribution in [0.15, 0.2) is 17.5 Å². The Bertz CT molecular complexity index is 591. The smallest absolute Gasteiger partial charge is 0.227 e. The van der Waals surface area contributed by atoms with Crippen LogP contribution in [0.3, 0.4) is 0 Å². The maximum absolute atomic E-state index is 12.6. The van der Waals surface area contributed by atoms with Gasteiger partial charge in [0.25, 0.3) is 0 Å². The Hall–Kier alpha value is -1.44. The molecule has 1 unspecified atom stereocenters. The minimum absolute atomic E-state index is 0.106. The number of nitrogens with zero attached hydrogens (tertiary/aromatic N) is 2. The number of likely N-dealkylation sites (N-methyl/N-ethyl adjacent to an activating group) is 2. The van der Waals surface area contributed by atoms with Gasteiger partial charge in [-0.05, 0) is 50.2 Å². The Balaban J connectivity index is 1.91. The zero-order valence-electron chi connectivity index (χ0n) is 16.8. The van der Waals surface area contributed by atoms with E-state index in [1.54, 1.807) is 11.3 Å². The fourth-order valence-corrected chi connectivity index (χ4v) is 4.46. The van der Waals surface area contributed by atoms with Gasteiger partial charge in [-0.2, -0.15) is 0 Å². The molecule has 27 heavy (non-hydrogen) atoms. The van der Waals surface area contributed by atoms with E-state index in [0.29, 0.717) is 19.5 Å². The van der Waals surface area contributed by atoms with Gasteiger partial charge < -0.3 is 24.6 Å². The predicted molar refractivity (Wildman–Crippen MR) is 106 cm³/mol. The summed E-state index contributed by atoms with van der Waals surface area (Å²) >= 11 is 1.61. The molecular formula is C20H33N3O3S. The normalized spacial score (nSPS) is 21.4. The fourth-order valence-electron chi connectivity index (χ4n) is 3.76. The SMILES string of the molecule is CN(C)CC[NH+](C)CC[C@H]1CN(C(=O)Cc2cccs2)CC[C@H]1CC(=O)[O-]. The van der Waals surface area contributed by atoms with E-state index in [0.717, 1.165) is 37.4 Å². The molecule has 1 aliphatic heterocycles. The quantitative estimate of drug-likeness (QED) is 0.572. The van der Waals surface area contributed by atoms with Crippen LogP contribution in [0.25, 0.3) is 0 Å². The number of rotatable bonds is 10. The van der Waals surface area contributed by atoms with E-state index in [1.165, 1.54) is 4.90 Å². The molecule has 2 rings (SSSR count). The highest BCUT2D eigenvalue weighted by atomic mass is 32.1. The molecule has 0 bridgehead atoms. The molecule has 6 nitrogen and oxygen atoms in total. The average Bonchev–Trinajstić information content (AvgIpc) is 3.11. The number of carbonyl (C=O) groups is 2. The van der Waals surface area contributed by atoms with E-state index in [-0.39, 0.29) is 24.2 Å². The van der Waals surface area contributed by atoms with Crippen LogP contribution in [0.2, 0.25) is 0 Å². The molecule has 7 heteroatoms. The predicted octanol–water partition coefficient (Wildman–Crippen LogP) is -0.638. The molecule has 3 atom stereocenters. The van der Waals surface area contributed by atoms with Gasteiger partial charge in [0.05, 0.1) is 26.6 Å². The van der Waals surface area contributed by atoms with Crippen molar-refractivity contribution in [3.8, 4) is 0 Å². The third kappa shape index (κ3) is 7.60. The number of hydrogen-bond donors (Lipinski definition) is 1. The van der Waals surface area contributed by atoms with E-state index in [1.807, 2.05) is 22.4 Å². The third-order valence-corrected chi connectivity index (χ3v) is 6.38. The molecule has 1 aromatic heterocycles. The van der Waals surface area contributed by atoms with Crippen LogP contribution in [-0.4, -0.2) is 75.5 Å². The summed E-state index contributed by atoms with van der Waals surface area (Å²) in [6, 6.07) is 3.96.